The molecule has 1 aromatic rings. The zero-order valence-electron chi connectivity index (χ0n) is 9.03. The second-order valence-corrected chi connectivity index (χ2v) is 3.75. The first-order chi connectivity index (χ1) is 7.69. The van der Waals surface area contributed by atoms with Gasteiger partial charge in [0.15, 0.2) is 11.4 Å². The number of carbonyl (C=O) groups is 1. The van der Waals surface area contributed by atoms with Gasteiger partial charge in [-0.25, -0.2) is 9.78 Å². The fraction of sp³-hybridized carbons (Fsp3) is 0.400. The molecular formula is C10H12BrNO4. The summed E-state index contributed by atoms with van der Waals surface area (Å²) in [5, 5.41) is 0. The molecule has 0 aliphatic rings. The molecule has 5 nitrogen and oxygen atoms in total. The van der Waals surface area contributed by atoms with Crippen LogP contribution in [0.4, 0.5) is 0 Å². The molecule has 1 rings (SSSR count). The first-order valence-corrected chi connectivity index (χ1v) is 5.34. The predicted molar refractivity (Wildman–Crippen MR) is 60.6 cm³/mol. The summed E-state index contributed by atoms with van der Waals surface area (Å²) in [6, 6.07) is 1.66. The minimum absolute atomic E-state index is 0.154. The van der Waals surface area contributed by atoms with Crippen LogP contribution in [-0.2, 0) is 9.47 Å². The van der Waals surface area contributed by atoms with Gasteiger partial charge >= 0.3 is 5.97 Å². The van der Waals surface area contributed by atoms with Crippen LogP contribution in [0.15, 0.2) is 16.7 Å². The summed E-state index contributed by atoms with van der Waals surface area (Å²) >= 11 is 3.25. The summed E-state index contributed by atoms with van der Waals surface area (Å²) in [5.74, 6) is -0.154. The highest BCUT2D eigenvalue weighted by molar-refractivity contribution is 9.10. The summed E-state index contributed by atoms with van der Waals surface area (Å²) in [4.78, 5) is 15.3. The van der Waals surface area contributed by atoms with Gasteiger partial charge in [-0.2, -0.15) is 0 Å². The van der Waals surface area contributed by atoms with E-state index >= 15 is 0 Å². The van der Waals surface area contributed by atoms with E-state index < -0.39 is 5.97 Å². The molecule has 0 unspecified atom stereocenters. The fourth-order valence-electron chi connectivity index (χ4n) is 1.02. The summed E-state index contributed by atoms with van der Waals surface area (Å²) < 4.78 is 15.5. The van der Waals surface area contributed by atoms with Crippen LogP contribution in [0.25, 0.3) is 0 Å². The number of ether oxygens (including phenoxy) is 3. The zero-order valence-corrected chi connectivity index (χ0v) is 10.6. The molecule has 0 amide bonds. The Morgan fingerprint density at radius 3 is 2.81 bits per heavy atom. The topological polar surface area (TPSA) is 57.7 Å². The molecule has 88 valence electrons. The highest BCUT2D eigenvalue weighted by Gasteiger charge is 2.15. The fourth-order valence-corrected chi connectivity index (χ4v) is 1.33. The Morgan fingerprint density at radius 1 is 1.44 bits per heavy atom. The molecule has 6 heteroatoms. The molecule has 0 bridgehead atoms. The molecule has 0 saturated carbocycles. The molecule has 0 aromatic carbocycles. The SMILES string of the molecule is COCCOc1cc(Br)cnc1C(=O)OC. The number of nitrogens with zero attached hydrogens (tertiary/aromatic N) is 1. The van der Waals surface area contributed by atoms with Gasteiger partial charge < -0.3 is 14.2 Å². The summed E-state index contributed by atoms with van der Waals surface area (Å²) in [7, 11) is 2.87. The second-order valence-electron chi connectivity index (χ2n) is 2.83. The molecule has 0 N–H and O–H groups in total. The third-order valence-corrected chi connectivity index (χ3v) is 2.18. The average Bonchev–Trinajstić information content (AvgIpc) is 2.29. The van der Waals surface area contributed by atoms with Crippen molar-refractivity contribution in [2.75, 3.05) is 27.4 Å². The minimum Gasteiger partial charge on any atom is -0.489 e. The van der Waals surface area contributed by atoms with Gasteiger partial charge in [0.2, 0.25) is 0 Å². The van der Waals surface area contributed by atoms with Gasteiger partial charge in [-0.3, -0.25) is 0 Å². The highest BCUT2D eigenvalue weighted by atomic mass is 79.9. The van der Waals surface area contributed by atoms with Crippen LogP contribution < -0.4 is 4.74 Å². The van der Waals surface area contributed by atoms with Crippen molar-refractivity contribution < 1.29 is 19.0 Å². The van der Waals surface area contributed by atoms with E-state index in [2.05, 4.69) is 25.7 Å². The molecule has 0 fully saturated rings. The molecule has 1 aromatic heterocycles. The Labute approximate surface area is 102 Å². The normalized spacial score (nSPS) is 9.94. The lowest BCUT2D eigenvalue weighted by Gasteiger charge is -2.09. The maximum absolute atomic E-state index is 11.4. The number of aromatic nitrogens is 1. The first kappa shape index (κ1) is 12.9. The molecular weight excluding hydrogens is 278 g/mol. The quantitative estimate of drug-likeness (QED) is 0.609. The maximum atomic E-state index is 11.4. The summed E-state index contributed by atoms with van der Waals surface area (Å²) in [6.45, 7) is 0.783. The van der Waals surface area contributed by atoms with E-state index in [0.717, 1.165) is 4.47 Å². The monoisotopic (exact) mass is 289 g/mol. The van der Waals surface area contributed by atoms with Crippen molar-refractivity contribution in [2.24, 2.45) is 0 Å². The molecule has 0 aliphatic heterocycles. The van der Waals surface area contributed by atoms with Crippen LogP contribution >= 0.6 is 15.9 Å². The van der Waals surface area contributed by atoms with E-state index in [1.165, 1.54) is 13.3 Å². The average molecular weight is 290 g/mol. The van der Waals surface area contributed by atoms with Crippen molar-refractivity contribution in [3.05, 3.63) is 22.4 Å². The van der Waals surface area contributed by atoms with E-state index in [1.54, 1.807) is 13.2 Å². The molecule has 0 spiro atoms. The number of carbonyl (C=O) groups excluding carboxylic acids is 1. The number of methoxy groups -OCH3 is 2. The maximum Gasteiger partial charge on any atom is 0.360 e. The highest BCUT2D eigenvalue weighted by Crippen LogP contribution is 2.21. The first-order valence-electron chi connectivity index (χ1n) is 4.54. The molecule has 0 aliphatic carbocycles. The van der Waals surface area contributed by atoms with Crippen LogP contribution in [0.1, 0.15) is 10.5 Å². The predicted octanol–water partition coefficient (Wildman–Crippen LogP) is 1.66. The Balaban J connectivity index is 2.85. The van der Waals surface area contributed by atoms with Crippen LogP contribution in [-0.4, -0.2) is 38.4 Å². The van der Waals surface area contributed by atoms with Crippen LogP contribution in [0.5, 0.6) is 5.75 Å². The zero-order chi connectivity index (χ0) is 12.0. The molecule has 1 heterocycles. The number of esters is 1. The van der Waals surface area contributed by atoms with E-state index in [-0.39, 0.29) is 5.69 Å². The van der Waals surface area contributed by atoms with Crippen molar-refractivity contribution >= 4 is 21.9 Å². The van der Waals surface area contributed by atoms with Crippen molar-refractivity contribution in [2.45, 2.75) is 0 Å². The standard InChI is InChI=1S/C10H12BrNO4/c1-14-3-4-16-8-5-7(11)6-12-9(8)10(13)15-2/h5-6H,3-4H2,1-2H3. The van der Waals surface area contributed by atoms with Gasteiger partial charge in [0.1, 0.15) is 6.61 Å². The lowest BCUT2D eigenvalue weighted by Crippen LogP contribution is -2.11. The molecule has 16 heavy (non-hydrogen) atoms. The minimum atomic E-state index is -0.528. The van der Waals surface area contributed by atoms with Gasteiger partial charge in [0.25, 0.3) is 0 Å². The van der Waals surface area contributed by atoms with Crippen molar-refractivity contribution in [3.63, 3.8) is 0 Å². The number of hydrogen-bond donors (Lipinski definition) is 0. The third kappa shape index (κ3) is 3.46. The van der Waals surface area contributed by atoms with Gasteiger partial charge in [0.05, 0.1) is 13.7 Å². The lowest BCUT2D eigenvalue weighted by molar-refractivity contribution is 0.0586. The van der Waals surface area contributed by atoms with Crippen LogP contribution in [0.3, 0.4) is 0 Å². The molecule has 0 saturated heterocycles. The Morgan fingerprint density at radius 2 is 2.19 bits per heavy atom. The molecule has 0 radical (unpaired) electrons. The number of pyridine rings is 1. The van der Waals surface area contributed by atoms with E-state index in [4.69, 9.17) is 9.47 Å². The van der Waals surface area contributed by atoms with Crippen molar-refractivity contribution in [3.8, 4) is 5.75 Å². The van der Waals surface area contributed by atoms with Gasteiger partial charge in [0, 0.05) is 17.8 Å². The second kappa shape index (κ2) is 6.44. The van der Waals surface area contributed by atoms with Crippen molar-refractivity contribution in [1.29, 1.82) is 0 Å². The van der Waals surface area contributed by atoms with E-state index in [1.807, 2.05) is 0 Å². The van der Waals surface area contributed by atoms with Gasteiger partial charge in [-0.15, -0.1) is 0 Å². The Bertz CT molecular complexity index is 370. The summed E-state index contributed by atoms with van der Waals surface area (Å²) in [6.07, 6.45) is 1.51. The lowest BCUT2D eigenvalue weighted by atomic mass is 10.3. The number of rotatable bonds is 5. The number of halogens is 1. The van der Waals surface area contributed by atoms with Gasteiger partial charge in [-0.05, 0) is 22.0 Å². The number of hydrogen-bond acceptors (Lipinski definition) is 5. The van der Waals surface area contributed by atoms with E-state index in [0.29, 0.717) is 19.0 Å². The molecule has 0 atom stereocenters. The van der Waals surface area contributed by atoms with Crippen LogP contribution in [0, 0.1) is 0 Å². The Kier molecular flexibility index (Phi) is 5.21. The van der Waals surface area contributed by atoms with Crippen molar-refractivity contribution in [1.82, 2.24) is 4.98 Å². The smallest absolute Gasteiger partial charge is 0.360 e. The third-order valence-electron chi connectivity index (χ3n) is 1.74. The Hall–Kier alpha value is -1.14. The summed E-state index contributed by atoms with van der Waals surface area (Å²) in [5.41, 5.74) is 0.154. The van der Waals surface area contributed by atoms with E-state index in [9.17, 15) is 4.79 Å². The van der Waals surface area contributed by atoms with Gasteiger partial charge in [-0.1, -0.05) is 0 Å². The largest absolute Gasteiger partial charge is 0.489 e. The van der Waals surface area contributed by atoms with Crippen LogP contribution in [0.2, 0.25) is 0 Å².